The molecular weight excluding hydrogens is 464 g/mol. The maximum atomic E-state index is 6.64. The van der Waals surface area contributed by atoms with E-state index in [-0.39, 0.29) is 12.2 Å². The van der Waals surface area contributed by atoms with Gasteiger partial charge >= 0.3 is 0 Å². The number of hydrogen-bond donors (Lipinski definition) is 0. The maximum absolute atomic E-state index is 6.64. The molecule has 3 heteroatoms. The van der Waals surface area contributed by atoms with Crippen molar-refractivity contribution < 1.29 is 4.74 Å². The molecule has 0 amide bonds. The zero-order valence-electron chi connectivity index (χ0n) is 14.8. The van der Waals surface area contributed by atoms with Gasteiger partial charge in [0.05, 0.1) is 12.2 Å². The van der Waals surface area contributed by atoms with Gasteiger partial charge in [-0.3, -0.25) is 0 Å². The Hall–Kier alpha value is -1.68. The molecule has 2 atom stereocenters. The number of hydrogen-bond acceptors (Lipinski definition) is 1. The minimum Gasteiger partial charge on any atom is -0.364 e. The second-order valence-corrected chi connectivity index (χ2v) is 7.85. The topological polar surface area (TPSA) is 9.23 Å². The normalized spacial score (nSPS) is 13.7. The second-order valence-electron chi connectivity index (χ2n) is 6.56. The van der Waals surface area contributed by atoms with Gasteiger partial charge in [-0.1, -0.05) is 117 Å². The smallest absolute Gasteiger partial charge is 0.0936 e. The van der Waals surface area contributed by atoms with Crippen LogP contribution in [0.15, 0.2) is 84.9 Å². The van der Waals surface area contributed by atoms with Gasteiger partial charge in [0, 0.05) is 10.7 Å². The van der Waals surface area contributed by atoms with Gasteiger partial charge in [-0.15, -0.1) is 0 Å². The van der Waals surface area contributed by atoms with Gasteiger partial charge in [0.25, 0.3) is 0 Å². The summed E-state index contributed by atoms with van der Waals surface area (Å²) in [6.45, 7) is 0. The van der Waals surface area contributed by atoms with E-state index in [0.717, 1.165) is 10.7 Å². The molecule has 0 spiro atoms. The standard InChI is InChI=1S/C24H20Br2O/c25-15-23(21-13-5-9-17-7-1-3-11-19(17)21)27-24(16-26)22-14-6-10-18-8-2-4-12-20(18)22/h1-14,23-24H,15-16H2. The third-order valence-corrected chi connectivity index (χ3v) is 6.13. The zero-order valence-corrected chi connectivity index (χ0v) is 18.0. The van der Waals surface area contributed by atoms with Crippen molar-refractivity contribution in [2.24, 2.45) is 0 Å². The summed E-state index contributed by atoms with van der Waals surface area (Å²) >= 11 is 7.36. The largest absolute Gasteiger partial charge is 0.364 e. The Balaban J connectivity index is 1.73. The maximum Gasteiger partial charge on any atom is 0.0936 e. The number of ether oxygens (including phenoxy) is 1. The molecule has 0 bridgehead atoms. The van der Waals surface area contributed by atoms with Crippen LogP contribution in [0.3, 0.4) is 0 Å². The van der Waals surface area contributed by atoms with Gasteiger partial charge in [0.1, 0.15) is 0 Å². The molecule has 0 heterocycles. The highest BCUT2D eigenvalue weighted by Gasteiger charge is 2.21. The summed E-state index contributed by atoms with van der Waals surface area (Å²) < 4.78 is 6.64. The molecule has 0 fully saturated rings. The lowest BCUT2D eigenvalue weighted by Gasteiger charge is -2.25. The minimum absolute atomic E-state index is 0.0300. The molecule has 4 aromatic carbocycles. The molecule has 1 nitrogen and oxygen atoms in total. The molecule has 0 aliphatic heterocycles. The van der Waals surface area contributed by atoms with Crippen LogP contribution < -0.4 is 0 Å². The number of fused-ring (bicyclic) bond motifs is 2. The van der Waals surface area contributed by atoms with E-state index >= 15 is 0 Å². The zero-order chi connectivity index (χ0) is 18.6. The molecule has 2 unspecified atom stereocenters. The van der Waals surface area contributed by atoms with E-state index in [1.165, 1.54) is 32.7 Å². The van der Waals surface area contributed by atoms with Gasteiger partial charge in [0.15, 0.2) is 0 Å². The predicted molar refractivity (Wildman–Crippen MR) is 122 cm³/mol. The second kappa shape index (κ2) is 8.55. The first-order valence-electron chi connectivity index (χ1n) is 9.04. The van der Waals surface area contributed by atoms with Crippen molar-refractivity contribution >= 4 is 53.4 Å². The van der Waals surface area contributed by atoms with Crippen molar-refractivity contribution in [3.8, 4) is 0 Å². The van der Waals surface area contributed by atoms with Crippen LogP contribution in [0.5, 0.6) is 0 Å². The van der Waals surface area contributed by atoms with E-state index in [4.69, 9.17) is 4.74 Å². The molecule has 0 aliphatic carbocycles. The quantitative estimate of drug-likeness (QED) is 0.257. The van der Waals surface area contributed by atoms with E-state index in [1.807, 2.05) is 0 Å². The average Bonchev–Trinajstić information content (AvgIpc) is 2.74. The number of rotatable bonds is 6. The monoisotopic (exact) mass is 482 g/mol. The molecule has 0 N–H and O–H groups in total. The summed E-state index contributed by atoms with van der Waals surface area (Å²) in [5.41, 5.74) is 2.44. The molecular formula is C24H20Br2O. The van der Waals surface area contributed by atoms with Gasteiger partial charge in [-0.2, -0.15) is 0 Å². The Morgan fingerprint density at radius 2 is 0.963 bits per heavy atom. The Labute approximate surface area is 176 Å². The predicted octanol–water partition coefficient (Wildman–Crippen LogP) is 7.58. The van der Waals surface area contributed by atoms with Crippen LogP contribution in [-0.4, -0.2) is 10.7 Å². The summed E-state index contributed by atoms with van der Waals surface area (Å²) in [7, 11) is 0. The van der Waals surface area contributed by atoms with Crippen molar-refractivity contribution in [1.29, 1.82) is 0 Å². The number of halogens is 2. The van der Waals surface area contributed by atoms with Crippen LogP contribution in [0, 0.1) is 0 Å². The minimum atomic E-state index is -0.0300. The molecule has 0 aliphatic rings. The molecule has 136 valence electrons. The van der Waals surface area contributed by atoms with Crippen molar-refractivity contribution in [2.45, 2.75) is 12.2 Å². The molecule has 4 aromatic rings. The lowest BCUT2D eigenvalue weighted by molar-refractivity contribution is 0.0144. The fourth-order valence-corrected chi connectivity index (χ4v) is 4.65. The Morgan fingerprint density at radius 3 is 1.41 bits per heavy atom. The summed E-state index contributed by atoms with van der Waals surface area (Å²) in [6.07, 6.45) is -0.0600. The highest BCUT2D eigenvalue weighted by molar-refractivity contribution is 9.09. The van der Waals surface area contributed by atoms with Gasteiger partial charge < -0.3 is 4.74 Å². The first-order valence-corrected chi connectivity index (χ1v) is 11.3. The van der Waals surface area contributed by atoms with Crippen LogP contribution in [0.2, 0.25) is 0 Å². The fourth-order valence-electron chi connectivity index (χ4n) is 3.65. The Kier molecular flexibility index (Phi) is 5.92. The van der Waals surface area contributed by atoms with Crippen LogP contribution >= 0.6 is 31.9 Å². The molecule has 27 heavy (non-hydrogen) atoms. The van der Waals surface area contributed by atoms with Crippen molar-refractivity contribution in [2.75, 3.05) is 10.7 Å². The lowest BCUT2D eigenvalue weighted by atomic mass is 9.99. The van der Waals surface area contributed by atoms with Crippen molar-refractivity contribution in [1.82, 2.24) is 0 Å². The van der Waals surface area contributed by atoms with Gasteiger partial charge in [-0.25, -0.2) is 0 Å². The first-order chi connectivity index (χ1) is 13.3. The molecule has 0 saturated carbocycles. The molecule has 0 radical (unpaired) electrons. The summed E-state index contributed by atoms with van der Waals surface area (Å²) in [5, 5.41) is 6.46. The van der Waals surface area contributed by atoms with Crippen LogP contribution in [-0.2, 0) is 4.74 Å². The highest BCUT2D eigenvalue weighted by Crippen LogP contribution is 2.35. The highest BCUT2D eigenvalue weighted by atomic mass is 79.9. The Bertz CT molecular complexity index is 964. The SMILES string of the molecule is BrCC(OC(CBr)c1cccc2ccccc12)c1cccc2ccccc12. The van der Waals surface area contributed by atoms with E-state index in [2.05, 4.69) is 117 Å². The van der Waals surface area contributed by atoms with E-state index < -0.39 is 0 Å². The van der Waals surface area contributed by atoms with Crippen molar-refractivity contribution in [3.63, 3.8) is 0 Å². The first kappa shape index (κ1) is 18.7. The summed E-state index contributed by atoms with van der Waals surface area (Å²) in [4.78, 5) is 0. The average molecular weight is 484 g/mol. The summed E-state index contributed by atoms with van der Waals surface area (Å²) in [6, 6.07) is 29.8. The van der Waals surface area contributed by atoms with Gasteiger partial charge in [0.2, 0.25) is 0 Å². The van der Waals surface area contributed by atoms with Crippen LogP contribution in [0.25, 0.3) is 21.5 Å². The van der Waals surface area contributed by atoms with Crippen LogP contribution in [0.4, 0.5) is 0 Å². The fraction of sp³-hybridized carbons (Fsp3) is 0.167. The number of benzene rings is 4. The third-order valence-electron chi connectivity index (χ3n) is 4.95. The third kappa shape index (κ3) is 3.82. The van der Waals surface area contributed by atoms with E-state index in [0.29, 0.717) is 0 Å². The molecule has 0 saturated heterocycles. The summed E-state index contributed by atoms with van der Waals surface area (Å²) in [5.74, 6) is 0. The lowest BCUT2D eigenvalue weighted by Crippen LogP contribution is -2.13. The number of alkyl halides is 2. The van der Waals surface area contributed by atoms with Crippen molar-refractivity contribution in [3.05, 3.63) is 96.1 Å². The van der Waals surface area contributed by atoms with E-state index in [1.54, 1.807) is 0 Å². The van der Waals surface area contributed by atoms with Crippen LogP contribution in [0.1, 0.15) is 23.3 Å². The van der Waals surface area contributed by atoms with Gasteiger partial charge in [-0.05, 0) is 32.7 Å². The molecule has 4 rings (SSSR count). The Morgan fingerprint density at radius 1 is 0.556 bits per heavy atom. The van der Waals surface area contributed by atoms with E-state index in [9.17, 15) is 0 Å². The molecule has 0 aromatic heterocycles.